The molecule has 0 radical (unpaired) electrons. The van der Waals surface area contributed by atoms with Crippen molar-refractivity contribution in [2.45, 2.75) is 31.3 Å². The summed E-state index contributed by atoms with van der Waals surface area (Å²) in [5.74, 6) is -2.77. The molecule has 8 nitrogen and oxygen atoms in total. The zero-order chi connectivity index (χ0) is 26.5. The molecule has 13 heteroatoms. The molecular weight excluding hydrogens is 491 g/mol. The van der Waals surface area contributed by atoms with Crippen LogP contribution in [-0.4, -0.2) is 67.8 Å². The minimum Gasteiger partial charge on any atom is -0.484 e. The Balaban J connectivity index is 1.94. The van der Waals surface area contributed by atoms with Crippen LogP contribution in [0.5, 0.6) is 5.75 Å². The zero-order valence-corrected chi connectivity index (χ0v) is 19.0. The highest BCUT2D eigenvalue weighted by molar-refractivity contribution is 5.94. The Bertz CT molecular complexity index is 1160. The van der Waals surface area contributed by atoms with Crippen molar-refractivity contribution < 1.29 is 41.7 Å². The van der Waals surface area contributed by atoms with Crippen LogP contribution in [0.25, 0.3) is 0 Å². The summed E-state index contributed by atoms with van der Waals surface area (Å²) in [6, 6.07) is 6.17. The molecule has 0 aliphatic rings. The predicted octanol–water partition coefficient (Wildman–Crippen LogP) is 2.91. The van der Waals surface area contributed by atoms with E-state index in [2.05, 4.69) is 14.8 Å². The van der Waals surface area contributed by atoms with Crippen molar-refractivity contribution in [3.63, 3.8) is 0 Å². The summed E-state index contributed by atoms with van der Waals surface area (Å²) in [5.41, 5.74) is -2.47. The molecular formula is C23H23F5N4O4. The van der Waals surface area contributed by atoms with Gasteiger partial charge < -0.3 is 19.8 Å². The van der Waals surface area contributed by atoms with Crippen LogP contribution in [-0.2, 0) is 12.1 Å². The van der Waals surface area contributed by atoms with Gasteiger partial charge in [0, 0.05) is 23.7 Å². The molecule has 36 heavy (non-hydrogen) atoms. The first-order chi connectivity index (χ1) is 16.9. The molecule has 3 rings (SSSR count). The molecule has 0 saturated heterocycles. The van der Waals surface area contributed by atoms with Gasteiger partial charge in [-0.05, 0) is 37.3 Å². The van der Waals surface area contributed by atoms with Crippen LogP contribution >= 0.6 is 0 Å². The van der Waals surface area contributed by atoms with Crippen molar-refractivity contribution in [3.05, 3.63) is 77.9 Å². The molecule has 0 fully saturated rings. The molecule has 2 atom stereocenters. The van der Waals surface area contributed by atoms with Gasteiger partial charge >= 0.3 is 6.18 Å². The molecule has 0 aliphatic carbocycles. The number of halogens is 5. The van der Waals surface area contributed by atoms with Gasteiger partial charge in [0.25, 0.3) is 5.91 Å². The van der Waals surface area contributed by atoms with Crippen molar-refractivity contribution in [3.8, 4) is 5.75 Å². The molecule has 0 spiro atoms. The van der Waals surface area contributed by atoms with Crippen LogP contribution < -0.4 is 4.74 Å². The fraction of sp³-hybridized carbons (Fsp3) is 0.348. The van der Waals surface area contributed by atoms with E-state index in [-0.39, 0.29) is 30.0 Å². The molecule has 0 unspecified atom stereocenters. The fourth-order valence-corrected chi connectivity index (χ4v) is 3.71. The van der Waals surface area contributed by atoms with Gasteiger partial charge in [-0.3, -0.25) is 4.79 Å². The van der Waals surface area contributed by atoms with E-state index in [1.54, 1.807) is 0 Å². The molecule has 1 amide bonds. The number of aliphatic hydroxyl groups excluding tert-OH is 1. The Morgan fingerprint density at radius 3 is 2.42 bits per heavy atom. The maximum atomic E-state index is 14.8. The highest BCUT2D eigenvalue weighted by Gasteiger charge is 2.43. The molecule has 1 aromatic heterocycles. The minimum absolute atomic E-state index is 0.0114. The van der Waals surface area contributed by atoms with E-state index in [0.29, 0.717) is 6.07 Å². The lowest BCUT2D eigenvalue weighted by molar-refractivity contribution is -0.153. The molecule has 1 heterocycles. The number of ether oxygens (including phenoxy) is 1. The Labute approximate surface area is 202 Å². The smallest absolute Gasteiger partial charge is 0.422 e. The quantitative estimate of drug-likeness (QED) is 0.404. The van der Waals surface area contributed by atoms with Crippen LogP contribution in [0.4, 0.5) is 22.0 Å². The van der Waals surface area contributed by atoms with Gasteiger partial charge in [0.05, 0.1) is 19.2 Å². The summed E-state index contributed by atoms with van der Waals surface area (Å²) in [7, 11) is 0. The number of hydrogen-bond acceptors (Lipinski definition) is 6. The maximum Gasteiger partial charge on any atom is 0.422 e. The number of carbonyl (C=O) groups is 1. The lowest BCUT2D eigenvalue weighted by Crippen LogP contribution is -2.54. The third-order valence-corrected chi connectivity index (χ3v) is 5.53. The number of amides is 1. The summed E-state index contributed by atoms with van der Waals surface area (Å²) in [5, 5.41) is 25.2. The largest absolute Gasteiger partial charge is 0.484 e. The Morgan fingerprint density at radius 1 is 1.17 bits per heavy atom. The van der Waals surface area contributed by atoms with E-state index in [4.69, 9.17) is 0 Å². The van der Waals surface area contributed by atoms with E-state index in [0.717, 1.165) is 17.0 Å². The summed E-state index contributed by atoms with van der Waals surface area (Å²) in [4.78, 5) is 18.2. The number of benzene rings is 2. The number of rotatable bonds is 10. The van der Waals surface area contributed by atoms with E-state index >= 15 is 0 Å². The van der Waals surface area contributed by atoms with Gasteiger partial charge in [0.2, 0.25) is 0 Å². The second-order valence-corrected chi connectivity index (χ2v) is 7.97. The van der Waals surface area contributed by atoms with Gasteiger partial charge in [0.15, 0.2) is 6.61 Å². The van der Waals surface area contributed by atoms with E-state index in [9.17, 15) is 37.0 Å². The van der Waals surface area contributed by atoms with E-state index in [1.807, 2.05) is 0 Å². The average Bonchev–Trinajstić information content (AvgIpc) is 3.33. The van der Waals surface area contributed by atoms with Gasteiger partial charge in [0.1, 0.15) is 35.6 Å². The van der Waals surface area contributed by atoms with Gasteiger partial charge in [-0.2, -0.15) is 18.3 Å². The molecule has 3 aromatic rings. The summed E-state index contributed by atoms with van der Waals surface area (Å²) in [6.07, 6.45) is -2.09. The molecule has 0 saturated carbocycles. The topological polar surface area (TPSA) is 101 Å². The Kier molecular flexibility index (Phi) is 8.25. The average molecular weight is 514 g/mol. The van der Waals surface area contributed by atoms with Crippen molar-refractivity contribution >= 4 is 5.91 Å². The molecule has 2 N–H and O–H groups in total. The monoisotopic (exact) mass is 514 g/mol. The van der Waals surface area contributed by atoms with Gasteiger partial charge in [-0.25, -0.2) is 18.4 Å². The first-order valence-corrected chi connectivity index (χ1v) is 10.7. The van der Waals surface area contributed by atoms with Gasteiger partial charge in [-0.1, -0.05) is 6.07 Å². The number of carbonyl (C=O) groups excluding carboxylic acids is 1. The molecule has 0 bridgehead atoms. The summed E-state index contributed by atoms with van der Waals surface area (Å²) < 4.78 is 71.4. The van der Waals surface area contributed by atoms with Crippen molar-refractivity contribution in [2.75, 3.05) is 19.8 Å². The van der Waals surface area contributed by atoms with E-state index in [1.165, 1.54) is 48.5 Å². The highest BCUT2D eigenvalue weighted by Crippen LogP contribution is 2.33. The van der Waals surface area contributed by atoms with Crippen molar-refractivity contribution in [1.82, 2.24) is 19.7 Å². The first-order valence-electron chi connectivity index (χ1n) is 10.7. The summed E-state index contributed by atoms with van der Waals surface area (Å²) in [6.45, 7) is -1.28. The van der Waals surface area contributed by atoms with Crippen LogP contribution in [0.1, 0.15) is 22.8 Å². The Hall–Kier alpha value is -3.58. The van der Waals surface area contributed by atoms with Crippen LogP contribution in [0, 0.1) is 11.6 Å². The van der Waals surface area contributed by atoms with Crippen LogP contribution in [0.15, 0.2) is 55.1 Å². The van der Waals surface area contributed by atoms with Gasteiger partial charge in [-0.15, -0.1) is 0 Å². The normalized spacial score (nSPS) is 14.2. The SMILES string of the molecule is C[C@@H](N(CCO)C(=O)c1ccc(OCC(F)(F)F)cc1)[C@](O)(Cn1cncn1)c1ccc(F)cc1F. The van der Waals surface area contributed by atoms with Crippen molar-refractivity contribution in [2.24, 2.45) is 0 Å². The lowest BCUT2D eigenvalue weighted by Gasteiger charge is -2.41. The number of nitrogens with zero attached hydrogens (tertiary/aromatic N) is 4. The summed E-state index contributed by atoms with van der Waals surface area (Å²) >= 11 is 0. The van der Waals surface area contributed by atoms with Crippen LogP contribution in [0.3, 0.4) is 0 Å². The number of aliphatic hydroxyl groups is 2. The second kappa shape index (κ2) is 11.0. The van der Waals surface area contributed by atoms with Crippen molar-refractivity contribution in [1.29, 1.82) is 0 Å². The molecule has 194 valence electrons. The minimum atomic E-state index is -4.54. The Morgan fingerprint density at radius 2 is 1.86 bits per heavy atom. The maximum absolute atomic E-state index is 14.8. The number of aromatic nitrogens is 3. The fourth-order valence-electron chi connectivity index (χ4n) is 3.71. The number of alkyl halides is 3. The second-order valence-electron chi connectivity index (χ2n) is 7.97. The highest BCUT2D eigenvalue weighted by atomic mass is 19.4. The standard InChI is InChI=1S/C23H23F5N4O4/c1-15(22(35,11-31-14-29-13-30-31)19-7-4-17(24)10-20(19)25)32(8-9-33)21(34)16-2-5-18(6-3-16)36-12-23(26,27)28/h2-7,10,13-15,33,35H,8-9,11-12H2,1H3/t15-,22-/m1/s1. The first kappa shape index (κ1) is 27.0. The molecule has 0 aliphatic heterocycles. The molecule has 2 aromatic carbocycles. The number of hydrogen-bond donors (Lipinski definition) is 2. The van der Waals surface area contributed by atoms with Crippen LogP contribution in [0.2, 0.25) is 0 Å². The third-order valence-electron chi connectivity index (χ3n) is 5.53. The lowest BCUT2D eigenvalue weighted by atomic mass is 9.85. The third kappa shape index (κ3) is 6.34. The predicted molar refractivity (Wildman–Crippen MR) is 116 cm³/mol. The zero-order valence-electron chi connectivity index (χ0n) is 19.0. The van der Waals surface area contributed by atoms with E-state index < -0.39 is 48.6 Å².